The second-order valence-electron chi connectivity index (χ2n) is 4.14. The molecule has 1 aromatic carbocycles. The van der Waals surface area contributed by atoms with Crippen LogP contribution in [0.3, 0.4) is 0 Å². The Morgan fingerprint density at radius 3 is 2.45 bits per heavy atom. The van der Waals surface area contributed by atoms with Crippen LogP contribution in [-0.4, -0.2) is 34.4 Å². The number of benzene rings is 1. The maximum atomic E-state index is 11.7. The summed E-state index contributed by atoms with van der Waals surface area (Å²) in [5, 5.41) is 11.4. The highest BCUT2D eigenvalue weighted by molar-refractivity contribution is 7.99. The first-order valence-corrected chi connectivity index (χ1v) is 7.33. The number of rotatable bonds is 6. The third-order valence-electron chi connectivity index (χ3n) is 2.38. The molecule has 0 radical (unpaired) electrons. The van der Waals surface area contributed by atoms with E-state index in [1.54, 1.807) is 19.1 Å². The van der Waals surface area contributed by atoms with Crippen molar-refractivity contribution >= 4 is 41.1 Å². The van der Waals surface area contributed by atoms with Gasteiger partial charge >= 0.3 is 5.97 Å². The van der Waals surface area contributed by atoms with Crippen molar-refractivity contribution in [3.05, 3.63) is 34.9 Å². The van der Waals surface area contributed by atoms with Crippen LogP contribution in [0.15, 0.2) is 24.3 Å². The van der Waals surface area contributed by atoms with E-state index >= 15 is 0 Å². The summed E-state index contributed by atoms with van der Waals surface area (Å²) in [5.74, 6) is -2.03. The second kappa shape index (κ2) is 7.91. The largest absolute Gasteiger partial charge is 0.481 e. The summed E-state index contributed by atoms with van der Waals surface area (Å²) in [7, 11) is 0. The van der Waals surface area contributed by atoms with Gasteiger partial charge in [0.15, 0.2) is 0 Å². The molecule has 20 heavy (non-hydrogen) atoms. The number of amides is 2. The number of thioether (sulfide) groups is 1. The van der Waals surface area contributed by atoms with Gasteiger partial charge in [-0.1, -0.05) is 18.5 Å². The SMILES string of the molecule is CC(CSCC(=O)NC(=O)c1ccc(Cl)cc1)C(=O)O. The van der Waals surface area contributed by atoms with Gasteiger partial charge in [-0.3, -0.25) is 19.7 Å². The number of halogens is 1. The average molecular weight is 316 g/mol. The first-order chi connectivity index (χ1) is 9.40. The summed E-state index contributed by atoms with van der Waals surface area (Å²) in [6, 6.07) is 6.16. The highest BCUT2D eigenvalue weighted by Crippen LogP contribution is 2.10. The minimum absolute atomic E-state index is 0.0386. The predicted molar refractivity (Wildman–Crippen MR) is 78.1 cm³/mol. The van der Waals surface area contributed by atoms with Gasteiger partial charge in [0.05, 0.1) is 11.7 Å². The molecule has 0 aliphatic rings. The van der Waals surface area contributed by atoms with Crippen molar-refractivity contribution in [1.29, 1.82) is 0 Å². The van der Waals surface area contributed by atoms with Crippen LogP contribution in [0.2, 0.25) is 5.02 Å². The van der Waals surface area contributed by atoms with E-state index in [2.05, 4.69) is 5.32 Å². The lowest BCUT2D eigenvalue weighted by atomic mass is 10.2. The fraction of sp³-hybridized carbons (Fsp3) is 0.308. The number of carboxylic acids is 1. The van der Waals surface area contributed by atoms with Gasteiger partial charge in [0.1, 0.15) is 0 Å². The predicted octanol–water partition coefficient (Wildman–Crippen LogP) is 2.05. The van der Waals surface area contributed by atoms with Crippen molar-refractivity contribution in [3.8, 4) is 0 Å². The van der Waals surface area contributed by atoms with Crippen molar-refractivity contribution < 1.29 is 19.5 Å². The minimum Gasteiger partial charge on any atom is -0.481 e. The molecule has 0 aliphatic carbocycles. The summed E-state index contributed by atoms with van der Waals surface area (Å²) in [5.41, 5.74) is 0.339. The maximum absolute atomic E-state index is 11.7. The van der Waals surface area contributed by atoms with Crippen LogP contribution in [0.1, 0.15) is 17.3 Å². The normalized spacial score (nSPS) is 11.7. The zero-order chi connectivity index (χ0) is 15.1. The Morgan fingerprint density at radius 2 is 1.90 bits per heavy atom. The van der Waals surface area contributed by atoms with Gasteiger partial charge in [0.2, 0.25) is 5.91 Å². The number of nitrogens with one attached hydrogen (secondary N) is 1. The molecular weight excluding hydrogens is 302 g/mol. The standard InChI is InChI=1S/C13H14ClNO4S/c1-8(13(18)19)6-20-7-11(16)15-12(17)9-2-4-10(14)5-3-9/h2-5,8H,6-7H2,1H3,(H,18,19)(H,15,16,17). The van der Waals surface area contributed by atoms with Gasteiger partial charge in [-0.05, 0) is 24.3 Å². The highest BCUT2D eigenvalue weighted by Gasteiger charge is 2.13. The number of hydrogen-bond donors (Lipinski definition) is 2. The Bertz CT molecular complexity index is 504. The zero-order valence-electron chi connectivity index (χ0n) is 10.8. The molecular formula is C13H14ClNO4S. The number of carbonyl (C=O) groups is 3. The fourth-order valence-corrected chi connectivity index (χ4v) is 2.23. The molecule has 2 amide bonds. The van der Waals surface area contributed by atoms with Crippen molar-refractivity contribution in [2.75, 3.05) is 11.5 Å². The van der Waals surface area contributed by atoms with Crippen molar-refractivity contribution in [1.82, 2.24) is 5.32 Å². The van der Waals surface area contributed by atoms with E-state index in [0.29, 0.717) is 16.3 Å². The molecule has 1 atom stereocenters. The second-order valence-corrected chi connectivity index (χ2v) is 5.61. The van der Waals surface area contributed by atoms with E-state index in [1.807, 2.05) is 0 Å². The molecule has 0 aromatic heterocycles. The zero-order valence-corrected chi connectivity index (χ0v) is 12.3. The lowest BCUT2D eigenvalue weighted by molar-refractivity contribution is -0.140. The van der Waals surface area contributed by atoms with Crippen molar-refractivity contribution in [2.45, 2.75) is 6.92 Å². The fourth-order valence-electron chi connectivity index (χ4n) is 1.24. The third kappa shape index (κ3) is 5.63. The lowest BCUT2D eigenvalue weighted by Crippen LogP contribution is -2.32. The number of aliphatic carboxylic acids is 1. The quantitative estimate of drug-likeness (QED) is 0.839. The summed E-state index contributed by atoms with van der Waals surface area (Å²) >= 11 is 6.87. The first-order valence-electron chi connectivity index (χ1n) is 5.80. The van der Waals surface area contributed by atoms with Gasteiger partial charge in [-0.2, -0.15) is 11.8 Å². The molecule has 1 unspecified atom stereocenters. The van der Waals surface area contributed by atoms with E-state index in [-0.39, 0.29) is 5.75 Å². The van der Waals surface area contributed by atoms with E-state index in [1.165, 1.54) is 23.9 Å². The Labute approximate surface area is 125 Å². The Balaban J connectivity index is 2.37. The molecule has 108 valence electrons. The van der Waals surface area contributed by atoms with E-state index in [9.17, 15) is 14.4 Å². The van der Waals surface area contributed by atoms with E-state index < -0.39 is 23.7 Å². The van der Waals surface area contributed by atoms with Crippen LogP contribution >= 0.6 is 23.4 Å². The van der Waals surface area contributed by atoms with Crippen molar-refractivity contribution in [3.63, 3.8) is 0 Å². The summed E-state index contributed by atoms with van der Waals surface area (Å²) in [6.45, 7) is 1.56. The number of hydrogen-bond acceptors (Lipinski definition) is 4. The van der Waals surface area contributed by atoms with Crippen molar-refractivity contribution in [2.24, 2.45) is 5.92 Å². The van der Waals surface area contributed by atoms with Crippen LogP contribution in [0, 0.1) is 5.92 Å². The van der Waals surface area contributed by atoms with Crippen LogP contribution in [0.4, 0.5) is 0 Å². The monoisotopic (exact) mass is 315 g/mol. The molecule has 0 saturated carbocycles. The molecule has 0 fully saturated rings. The molecule has 0 bridgehead atoms. The molecule has 0 spiro atoms. The number of carboxylic acid groups (broad SMARTS) is 1. The van der Waals surface area contributed by atoms with Gasteiger partial charge in [0.25, 0.3) is 5.91 Å². The Morgan fingerprint density at radius 1 is 1.30 bits per heavy atom. The van der Waals surface area contributed by atoms with Gasteiger partial charge in [-0.15, -0.1) is 0 Å². The topological polar surface area (TPSA) is 83.5 Å². The van der Waals surface area contributed by atoms with E-state index in [0.717, 1.165) is 0 Å². The maximum Gasteiger partial charge on any atom is 0.307 e. The molecule has 1 rings (SSSR count). The van der Waals surface area contributed by atoms with E-state index in [4.69, 9.17) is 16.7 Å². The average Bonchev–Trinajstić information content (AvgIpc) is 2.39. The van der Waals surface area contributed by atoms with Gasteiger partial charge < -0.3 is 5.11 Å². The smallest absolute Gasteiger partial charge is 0.307 e. The summed E-state index contributed by atoms with van der Waals surface area (Å²) in [6.07, 6.45) is 0. The Kier molecular flexibility index (Phi) is 6.54. The summed E-state index contributed by atoms with van der Waals surface area (Å²) in [4.78, 5) is 33.8. The molecule has 5 nitrogen and oxygen atoms in total. The highest BCUT2D eigenvalue weighted by atomic mass is 35.5. The van der Waals surface area contributed by atoms with Crippen LogP contribution < -0.4 is 5.32 Å². The number of carbonyl (C=O) groups excluding carboxylic acids is 2. The minimum atomic E-state index is -0.907. The van der Waals surface area contributed by atoms with Crippen LogP contribution in [-0.2, 0) is 9.59 Å². The lowest BCUT2D eigenvalue weighted by Gasteiger charge is -2.06. The molecule has 0 saturated heterocycles. The first kappa shape index (κ1) is 16.5. The van der Waals surface area contributed by atoms with Crippen LogP contribution in [0.5, 0.6) is 0 Å². The molecule has 2 N–H and O–H groups in total. The molecule has 1 aromatic rings. The van der Waals surface area contributed by atoms with Gasteiger partial charge in [0, 0.05) is 16.3 Å². The van der Waals surface area contributed by atoms with Gasteiger partial charge in [-0.25, -0.2) is 0 Å². The van der Waals surface area contributed by atoms with Crippen LogP contribution in [0.25, 0.3) is 0 Å². The molecule has 7 heteroatoms. The Hall–Kier alpha value is -1.53. The summed E-state index contributed by atoms with van der Waals surface area (Å²) < 4.78 is 0. The molecule has 0 aliphatic heterocycles. The third-order valence-corrected chi connectivity index (χ3v) is 3.84. The molecule has 0 heterocycles. The number of imide groups is 1.